The Bertz CT molecular complexity index is 299. The van der Waals surface area contributed by atoms with E-state index in [1.54, 1.807) is 0 Å². The van der Waals surface area contributed by atoms with Gasteiger partial charge in [0.15, 0.2) is 0 Å². The normalized spacial score (nSPS) is 35.9. The van der Waals surface area contributed by atoms with Crippen molar-refractivity contribution in [3.63, 3.8) is 0 Å². The van der Waals surface area contributed by atoms with Crippen LogP contribution in [-0.4, -0.2) is 87.2 Å². The van der Waals surface area contributed by atoms with Gasteiger partial charge in [0, 0.05) is 51.9 Å². The van der Waals surface area contributed by atoms with Crippen LogP contribution in [0.25, 0.3) is 0 Å². The number of fused-ring (bicyclic) bond motifs is 1. The number of hydrogen-bond donors (Lipinski definition) is 1. The van der Waals surface area contributed by atoms with Gasteiger partial charge < -0.3 is 10.2 Å². The van der Waals surface area contributed by atoms with Gasteiger partial charge in [-0.3, -0.25) is 9.80 Å². The van der Waals surface area contributed by atoms with E-state index in [9.17, 15) is 0 Å². The molecule has 0 spiro atoms. The topological polar surface area (TPSA) is 21.8 Å². The van der Waals surface area contributed by atoms with Gasteiger partial charge in [-0.2, -0.15) is 0 Å². The summed E-state index contributed by atoms with van der Waals surface area (Å²) in [6, 6.07) is 0.788. The Morgan fingerprint density at radius 3 is 2.55 bits per heavy atom. The fourth-order valence-corrected chi connectivity index (χ4v) is 4.32. The predicted octanol–water partition coefficient (Wildman–Crippen LogP) is 0.554. The fourth-order valence-electron chi connectivity index (χ4n) is 4.32. The van der Waals surface area contributed by atoms with Crippen molar-refractivity contribution in [3.05, 3.63) is 0 Å². The van der Waals surface area contributed by atoms with E-state index in [0.29, 0.717) is 0 Å². The number of rotatable bonds is 5. The zero-order chi connectivity index (χ0) is 13.9. The monoisotopic (exact) mass is 280 g/mol. The van der Waals surface area contributed by atoms with Crippen LogP contribution in [0.3, 0.4) is 0 Å². The van der Waals surface area contributed by atoms with Crippen molar-refractivity contribution < 1.29 is 0 Å². The molecule has 116 valence electrons. The second kappa shape index (κ2) is 6.73. The lowest BCUT2D eigenvalue weighted by Crippen LogP contribution is -2.51. The molecular weight excluding hydrogens is 248 g/mol. The molecule has 0 aromatic heterocycles. The molecule has 2 saturated heterocycles. The van der Waals surface area contributed by atoms with Crippen molar-refractivity contribution >= 4 is 0 Å². The Labute approximate surface area is 124 Å². The standard InChI is InChI=1S/C16H32N4/c1-18(2)6-7-19-8-10-20(11-9-19)13-16-15-5-3-4-14(15)12-17-16/h14-17H,3-13H2,1-2H3. The van der Waals surface area contributed by atoms with Gasteiger partial charge in [0.25, 0.3) is 0 Å². The summed E-state index contributed by atoms with van der Waals surface area (Å²) in [6.45, 7) is 10.1. The van der Waals surface area contributed by atoms with Gasteiger partial charge in [0.2, 0.25) is 0 Å². The van der Waals surface area contributed by atoms with E-state index < -0.39 is 0 Å². The zero-order valence-corrected chi connectivity index (χ0v) is 13.4. The first-order valence-corrected chi connectivity index (χ1v) is 8.55. The molecule has 3 aliphatic rings. The highest BCUT2D eigenvalue weighted by Gasteiger charge is 2.39. The molecule has 3 rings (SSSR count). The minimum atomic E-state index is 0.788. The van der Waals surface area contributed by atoms with Crippen molar-refractivity contribution in [1.29, 1.82) is 0 Å². The maximum atomic E-state index is 3.80. The van der Waals surface area contributed by atoms with Gasteiger partial charge >= 0.3 is 0 Å². The fraction of sp³-hybridized carbons (Fsp3) is 1.00. The number of likely N-dealkylation sites (N-methyl/N-ethyl adjacent to an activating group) is 1. The molecular formula is C16H32N4. The van der Waals surface area contributed by atoms with Gasteiger partial charge in [0.1, 0.15) is 0 Å². The molecule has 3 atom stereocenters. The largest absolute Gasteiger partial charge is 0.312 e. The van der Waals surface area contributed by atoms with Gasteiger partial charge in [-0.1, -0.05) is 6.42 Å². The van der Waals surface area contributed by atoms with E-state index in [2.05, 4.69) is 34.1 Å². The van der Waals surface area contributed by atoms with Crippen LogP contribution in [0.5, 0.6) is 0 Å². The van der Waals surface area contributed by atoms with Crippen LogP contribution in [0.2, 0.25) is 0 Å². The molecule has 1 aliphatic carbocycles. The Balaban J connectivity index is 1.38. The van der Waals surface area contributed by atoms with Crippen LogP contribution in [0.1, 0.15) is 19.3 Å². The second-order valence-corrected chi connectivity index (χ2v) is 7.32. The lowest BCUT2D eigenvalue weighted by Gasteiger charge is -2.37. The summed E-state index contributed by atoms with van der Waals surface area (Å²) in [4.78, 5) is 7.61. The average molecular weight is 280 g/mol. The molecule has 0 radical (unpaired) electrons. The molecule has 0 amide bonds. The Hall–Kier alpha value is -0.160. The summed E-state index contributed by atoms with van der Waals surface area (Å²) in [5.74, 6) is 1.99. The zero-order valence-electron chi connectivity index (χ0n) is 13.4. The van der Waals surface area contributed by atoms with Crippen molar-refractivity contribution in [2.24, 2.45) is 11.8 Å². The Morgan fingerprint density at radius 2 is 1.80 bits per heavy atom. The van der Waals surface area contributed by atoms with Crippen LogP contribution in [0, 0.1) is 11.8 Å². The quantitative estimate of drug-likeness (QED) is 0.794. The van der Waals surface area contributed by atoms with Crippen LogP contribution in [0.15, 0.2) is 0 Å². The Kier molecular flexibility index (Phi) is 4.97. The highest BCUT2D eigenvalue weighted by molar-refractivity contribution is 4.95. The lowest BCUT2D eigenvalue weighted by molar-refractivity contribution is 0.113. The minimum absolute atomic E-state index is 0.788. The first kappa shape index (κ1) is 14.8. The summed E-state index contributed by atoms with van der Waals surface area (Å²) >= 11 is 0. The molecule has 20 heavy (non-hydrogen) atoms. The second-order valence-electron chi connectivity index (χ2n) is 7.32. The van der Waals surface area contributed by atoms with Crippen LogP contribution < -0.4 is 5.32 Å². The molecule has 4 heteroatoms. The molecule has 2 heterocycles. The van der Waals surface area contributed by atoms with Crippen molar-refractivity contribution in [3.8, 4) is 0 Å². The molecule has 0 bridgehead atoms. The van der Waals surface area contributed by atoms with Gasteiger partial charge in [0.05, 0.1) is 0 Å². The first-order valence-electron chi connectivity index (χ1n) is 8.55. The number of hydrogen-bond acceptors (Lipinski definition) is 4. The molecule has 1 N–H and O–H groups in total. The van der Waals surface area contributed by atoms with E-state index in [-0.39, 0.29) is 0 Å². The third-order valence-corrected chi connectivity index (χ3v) is 5.66. The van der Waals surface area contributed by atoms with E-state index in [1.807, 2.05) is 0 Å². The molecule has 0 aromatic carbocycles. The third kappa shape index (κ3) is 3.53. The maximum Gasteiger partial charge on any atom is 0.0226 e. The van der Waals surface area contributed by atoms with Crippen molar-refractivity contribution in [2.75, 3.05) is 66.5 Å². The van der Waals surface area contributed by atoms with Crippen LogP contribution in [0.4, 0.5) is 0 Å². The Morgan fingerprint density at radius 1 is 1.05 bits per heavy atom. The van der Waals surface area contributed by atoms with Crippen LogP contribution in [-0.2, 0) is 0 Å². The highest BCUT2D eigenvalue weighted by atomic mass is 15.3. The lowest BCUT2D eigenvalue weighted by atomic mass is 9.94. The highest BCUT2D eigenvalue weighted by Crippen LogP contribution is 2.37. The number of nitrogens with one attached hydrogen (secondary N) is 1. The summed E-state index contributed by atoms with van der Waals surface area (Å²) in [5, 5.41) is 3.80. The van der Waals surface area contributed by atoms with E-state index in [4.69, 9.17) is 0 Å². The average Bonchev–Trinajstić information content (AvgIpc) is 3.03. The van der Waals surface area contributed by atoms with Crippen molar-refractivity contribution in [2.45, 2.75) is 25.3 Å². The number of nitrogens with zero attached hydrogens (tertiary/aromatic N) is 3. The van der Waals surface area contributed by atoms with E-state index >= 15 is 0 Å². The number of piperazine rings is 1. The van der Waals surface area contributed by atoms with E-state index in [1.165, 1.54) is 71.6 Å². The van der Waals surface area contributed by atoms with E-state index in [0.717, 1.165) is 17.9 Å². The minimum Gasteiger partial charge on any atom is -0.312 e. The van der Waals surface area contributed by atoms with Gasteiger partial charge in [-0.15, -0.1) is 0 Å². The molecule has 2 aliphatic heterocycles. The SMILES string of the molecule is CN(C)CCN1CCN(CC2NCC3CCCC32)CC1. The maximum absolute atomic E-state index is 3.80. The van der Waals surface area contributed by atoms with Gasteiger partial charge in [-0.05, 0) is 45.3 Å². The summed E-state index contributed by atoms with van der Waals surface area (Å²) in [6.07, 6.45) is 4.43. The van der Waals surface area contributed by atoms with Crippen molar-refractivity contribution in [1.82, 2.24) is 20.0 Å². The summed E-state index contributed by atoms with van der Waals surface area (Å²) < 4.78 is 0. The van der Waals surface area contributed by atoms with Gasteiger partial charge in [-0.25, -0.2) is 0 Å². The third-order valence-electron chi connectivity index (χ3n) is 5.66. The smallest absolute Gasteiger partial charge is 0.0226 e. The van der Waals surface area contributed by atoms with Crippen LogP contribution >= 0.6 is 0 Å². The summed E-state index contributed by atoms with van der Waals surface area (Å²) in [7, 11) is 4.33. The molecule has 3 fully saturated rings. The molecule has 1 saturated carbocycles. The molecule has 0 aromatic rings. The first-order chi connectivity index (χ1) is 9.72. The molecule has 3 unspecified atom stereocenters. The predicted molar refractivity (Wildman–Crippen MR) is 84.1 cm³/mol. The summed E-state index contributed by atoms with van der Waals surface area (Å²) in [5.41, 5.74) is 0. The molecule has 4 nitrogen and oxygen atoms in total.